The molecule has 2 N–H and O–H groups in total. The van der Waals surface area contributed by atoms with Gasteiger partial charge in [-0.05, 0) is 29.5 Å². The van der Waals surface area contributed by atoms with Gasteiger partial charge in [0.2, 0.25) is 5.91 Å². The van der Waals surface area contributed by atoms with E-state index < -0.39 is 0 Å². The third-order valence-corrected chi connectivity index (χ3v) is 5.15. The molecule has 1 aliphatic carbocycles. The zero-order valence-electron chi connectivity index (χ0n) is 12.5. The van der Waals surface area contributed by atoms with E-state index in [4.69, 9.17) is 5.73 Å². The average molecular weight is 292 g/mol. The van der Waals surface area contributed by atoms with E-state index >= 15 is 0 Å². The Bertz CT molecular complexity index is 698. The van der Waals surface area contributed by atoms with Crippen LogP contribution in [0.3, 0.4) is 0 Å². The van der Waals surface area contributed by atoms with Crippen molar-refractivity contribution in [2.45, 2.75) is 24.9 Å². The van der Waals surface area contributed by atoms with Crippen molar-refractivity contribution >= 4 is 5.91 Å². The lowest BCUT2D eigenvalue weighted by atomic mass is 9.80. The lowest BCUT2D eigenvalue weighted by Crippen LogP contribution is -2.55. The normalized spacial score (nSPS) is 27.2. The molecule has 1 heterocycles. The van der Waals surface area contributed by atoms with Gasteiger partial charge >= 0.3 is 0 Å². The number of nitrogens with two attached hydrogens (primary N) is 1. The Hall–Kier alpha value is -2.13. The molecule has 1 saturated heterocycles. The van der Waals surface area contributed by atoms with E-state index in [9.17, 15) is 4.79 Å². The second-order valence-corrected chi connectivity index (χ2v) is 6.31. The number of hydrogen-bond acceptors (Lipinski definition) is 2. The van der Waals surface area contributed by atoms with Crippen molar-refractivity contribution in [2.75, 3.05) is 6.54 Å². The third-order valence-electron chi connectivity index (χ3n) is 5.15. The highest BCUT2D eigenvalue weighted by Gasteiger charge is 2.47. The molecule has 0 saturated carbocycles. The van der Waals surface area contributed by atoms with E-state index in [2.05, 4.69) is 41.3 Å². The number of amides is 1. The molecule has 3 heteroatoms. The summed E-state index contributed by atoms with van der Waals surface area (Å²) >= 11 is 0. The van der Waals surface area contributed by atoms with Gasteiger partial charge in [0.15, 0.2) is 0 Å². The number of nitrogens with zero attached hydrogens (tertiary/aromatic N) is 1. The van der Waals surface area contributed by atoms with Crippen LogP contribution in [0.25, 0.3) is 0 Å². The largest absolute Gasteiger partial charge is 0.369 e. The van der Waals surface area contributed by atoms with Crippen LogP contribution in [0.2, 0.25) is 0 Å². The number of carbonyl (C=O) groups excluding carboxylic acids is 1. The molecule has 0 spiro atoms. The molecule has 0 aromatic heterocycles. The highest BCUT2D eigenvalue weighted by atomic mass is 16.1. The maximum absolute atomic E-state index is 11.8. The summed E-state index contributed by atoms with van der Waals surface area (Å²) in [5.41, 5.74) is 9.68. The lowest BCUT2D eigenvalue weighted by Gasteiger charge is -2.50. The molecule has 3 nitrogen and oxygen atoms in total. The third kappa shape index (κ3) is 2.04. The maximum Gasteiger partial charge on any atom is 0.223 e. The Kier molecular flexibility index (Phi) is 3.23. The van der Waals surface area contributed by atoms with Gasteiger partial charge in [-0.2, -0.15) is 0 Å². The van der Waals surface area contributed by atoms with Crippen LogP contribution in [0.4, 0.5) is 0 Å². The van der Waals surface area contributed by atoms with E-state index in [1.807, 2.05) is 18.2 Å². The van der Waals surface area contributed by atoms with Gasteiger partial charge in [-0.15, -0.1) is 0 Å². The monoisotopic (exact) mass is 292 g/mol. The summed E-state index contributed by atoms with van der Waals surface area (Å²) in [5, 5.41) is 0. The minimum Gasteiger partial charge on any atom is -0.369 e. The van der Waals surface area contributed by atoms with Crippen LogP contribution >= 0.6 is 0 Å². The van der Waals surface area contributed by atoms with Crippen molar-refractivity contribution in [3.05, 3.63) is 71.3 Å². The summed E-state index contributed by atoms with van der Waals surface area (Å²) in [5.74, 6) is -0.258. The predicted octanol–water partition coefficient (Wildman–Crippen LogP) is 2.83. The molecule has 2 aliphatic rings. The molecule has 0 radical (unpaired) electrons. The topological polar surface area (TPSA) is 46.3 Å². The number of benzene rings is 2. The average Bonchev–Trinajstić information content (AvgIpc) is 2.91. The second-order valence-electron chi connectivity index (χ2n) is 6.31. The van der Waals surface area contributed by atoms with Gasteiger partial charge in [0, 0.05) is 18.6 Å². The highest BCUT2D eigenvalue weighted by molar-refractivity contribution is 5.79. The number of aryl methyl sites for hydroxylation is 1. The van der Waals surface area contributed by atoms with Crippen molar-refractivity contribution in [3.63, 3.8) is 0 Å². The smallest absolute Gasteiger partial charge is 0.223 e. The van der Waals surface area contributed by atoms with Crippen LogP contribution in [-0.4, -0.2) is 17.4 Å². The molecular formula is C19H20N2O. The number of fused-ring (bicyclic) bond motifs is 1. The Balaban J connectivity index is 1.67. The number of rotatable bonds is 3. The van der Waals surface area contributed by atoms with Crippen LogP contribution in [0.5, 0.6) is 0 Å². The molecule has 2 aromatic carbocycles. The lowest BCUT2D eigenvalue weighted by molar-refractivity contribution is -0.134. The van der Waals surface area contributed by atoms with Crippen LogP contribution in [0, 0.1) is 5.92 Å². The van der Waals surface area contributed by atoms with Gasteiger partial charge in [-0.1, -0.05) is 54.6 Å². The summed E-state index contributed by atoms with van der Waals surface area (Å²) in [7, 11) is 0. The molecule has 1 amide bonds. The van der Waals surface area contributed by atoms with Gasteiger partial charge < -0.3 is 5.73 Å². The SMILES string of the molecule is NC(=O)C1CN([C@@H]2CCc3ccccc32)C1c1ccccc1. The first-order valence-corrected chi connectivity index (χ1v) is 7.93. The highest BCUT2D eigenvalue weighted by Crippen LogP contribution is 2.48. The Labute approximate surface area is 130 Å². The number of likely N-dealkylation sites (tertiary alicyclic amines) is 1. The molecule has 22 heavy (non-hydrogen) atoms. The van der Waals surface area contributed by atoms with Gasteiger partial charge in [0.1, 0.15) is 0 Å². The van der Waals surface area contributed by atoms with E-state index in [-0.39, 0.29) is 17.9 Å². The molecule has 0 bridgehead atoms. The van der Waals surface area contributed by atoms with E-state index in [1.165, 1.54) is 16.7 Å². The number of carbonyl (C=O) groups is 1. The molecular weight excluding hydrogens is 272 g/mol. The van der Waals surface area contributed by atoms with Crippen molar-refractivity contribution < 1.29 is 4.79 Å². The minimum atomic E-state index is -0.184. The zero-order valence-corrected chi connectivity index (χ0v) is 12.5. The summed E-state index contributed by atoms with van der Waals surface area (Å²) in [6.07, 6.45) is 2.26. The molecule has 1 fully saturated rings. The van der Waals surface area contributed by atoms with Crippen LogP contribution in [0.1, 0.15) is 35.2 Å². The summed E-state index contributed by atoms with van der Waals surface area (Å²) in [6.45, 7) is 0.772. The quantitative estimate of drug-likeness (QED) is 0.945. The number of primary amides is 1. The van der Waals surface area contributed by atoms with Gasteiger partial charge in [0.25, 0.3) is 0 Å². The molecule has 112 valence electrons. The van der Waals surface area contributed by atoms with E-state index in [0.29, 0.717) is 6.04 Å². The van der Waals surface area contributed by atoms with Crippen molar-refractivity contribution in [1.29, 1.82) is 0 Å². The second kappa shape index (κ2) is 5.25. The van der Waals surface area contributed by atoms with Crippen molar-refractivity contribution in [3.8, 4) is 0 Å². The van der Waals surface area contributed by atoms with Gasteiger partial charge in [-0.3, -0.25) is 9.69 Å². The maximum atomic E-state index is 11.8. The summed E-state index contributed by atoms with van der Waals surface area (Å²) in [4.78, 5) is 14.2. The molecule has 3 atom stereocenters. The first kappa shape index (κ1) is 13.5. The number of hydrogen-bond donors (Lipinski definition) is 1. The van der Waals surface area contributed by atoms with Gasteiger partial charge in [0.05, 0.1) is 5.92 Å². The van der Waals surface area contributed by atoms with Crippen LogP contribution in [-0.2, 0) is 11.2 Å². The molecule has 4 rings (SSSR count). The van der Waals surface area contributed by atoms with Crippen LogP contribution < -0.4 is 5.73 Å². The first-order valence-electron chi connectivity index (χ1n) is 7.93. The van der Waals surface area contributed by atoms with E-state index in [0.717, 1.165) is 19.4 Å². The zero-order chi connectivity index (χ0) is 15.1. The van der Waals surface area contributed by atoms with Crippen molar-refractivity contribution in [2.24, 2.45) is 11.7 Å². The molecule has 2 aromatic rings. The van der Waals surface area contributed by atoms with E-state index in [1.54, 1.807) is 0 Å². The fourth-order valence-electron chi connectivity index (χ4n) is 4.05. The molecule has 2 unspecified atom stereocenters. The summed E-state index contributed by atoms with van der Waals surface area (Å²) < 4.78 is 0. The van der Waals surface area contributed by atoms with Gasteiger partial charge in [-0.25, -0.2) is 0 Å². The minimum absolute atomic E-state index is 0.0739. The molecule has 1 aliphatic heterocycles. The summed E-state index contributed by atoms with van der Waals surface area (Å²) in [6, 6.07) is 19.5. The fourth-order valence-corrected chi connectivity index (χ4v) is 4.05. The Morgan fingerprint density at radius 3 is 2.55 bits per heavy atom. The van der Waals surface area contributed by atoms with Crippen LogP contribution in [0.15, 0.2) is 54.6 Å². The Morgan fingerprint density at radius 2 is 1.77 bits per heavy atom. The first-order chi connectivity index (χ1) is 10.8. The van der Waals surface area contributed by atoms with Crippen molar-refractivity contribution in [1.82, 2.24) is 4.90 Å². The Morgan fingerprint density at radius 1 is 1.05 bits per heavy atom. The predicted molar refractivity (Wildman–Crippen MR) is 86.1 cm³/mol. The fraction of sp³-hybridized carbons (Fsp3) is 0.316. The standard InChI is InChI=1S/C19H20N2O/c20-19(22)16-12-21(18(16)14-7-2-1-3-8-14)17-11-10-13-6-4-5-9-15(13)17/h1-9,16-18H,10-12H2,(H2,20,22)/t16?,17-,18?/m1/s1.